The molecule has 0 atom stereocenters. The molecule has 3 aliphatic rings. The van der Waals surface area contributed by atoms with Crippen molar-refractivity contribution in [2.45, 2.75) is 51.4 Å². The second-order valence-corrected chi connectivity index (χ2v) is 11.2. The number of carbonyl (C=O) groups is 1. The average molecular weight is 584 g/mol. The molecule has 3 heterocycles. The van der Waals surface area contributed by atoms with Gasteiger partial charge < -0.3 is 15.1 Å². The lowest BCUT2D eigenvalue weighted by Crippen LogP contribution is -2.40. The van der Waals surface area contributed by atoms with Gasteiger partial charge >= 0.3 is 0 Å². The van der Waals surface area contributed by atoms with Crippen molar-refractivity contribution < 1.29 is 18.0 Å². The molecular formula is C25H28F3IN4O. The summed E-state index contributed by atoms with van der Waals surface area (Å²) in [5, 5.41) is 2.83. The lowest BCUT2D eigenvalue weighted by molar-refractivity contribution is -0.0222. The number of pyridine rings is 1. The molecule has 2 aliphatic heterocycles. The molecule has 1 aliphatic carbocycles. The molecule has 2 aromatic rings. The minimum absolute atomic E-state index is 0.0133. The molecule has 1 amide bonds. The second kappa shape index (κ2) is 8.87. The van der Waals surface area contributed by atoms with Gasteiger partial charge in [0.25, 0.3) is 11.8 Å². The van der Waals surface area contributed by atoms with Crippen LogP contribution in [-0.4, -0.2) is 43.0 Å². The standard InChI is InChI=1S/C25H28F3IN4O/c1-16-14-20(30-22(21(16)26)33-12-8-25(27,28)9-13-33)31-23(34)18-3-2-17(29)15-19(18)32-10-6-24(4-5-24)7-11-32/h2-3,14-15H,4-13H2,1H3,(H,30,31,34). The first kappa shape index (κ1) is 23.7. The van der Waals surface area contributed by atoms with Crippen LogP contribution in [-0.2, 0) is 0 Å². The number of hydrogen-bond donors (Lipinski definition) is 1. The van der Waals surface area contributed by atoms with E-state index in [1.165, 1.54) is 23.8 Å². The Morgan fingerprint density at radius 3 is 2.29 bits per heavy atom. The Kier molecular flexibility index (Phi) is 6.18. The Hall–Kier alpha value is -2.04. The van der Waals surface area contributed by atoms with Crippen LogP contribution in [0.1, 0.15) is 54.4 Å². The Morgan fingerprint density at radius 2 is 1.65 bits per heavy atom. The van der Waals surface area contributed by atoms with E-state index in [2.05, 4.69) is 37.8 Å². The van der Waals surface area contributed by atoms with Crippen LogP contribution >= 0.6 is 22.6 Å². The highest BCUT2D eigenvalue weighted by molar-refractivity contribution is 14.1. The van der Waals surface area contributed by atoms with E-state index in [0.717, 1.165) is 35.2 Å². The molecule has 0 unspecified atom stereocenters. The zero-order valence-corrected chi connectivity index (χ0v) is 21.3. The Balaban J connectivity index is 1.37. The first-order valence-corrected chi connectivity index (χ1v) is 12.9. The summed E-state index contributed by atoms with van der Waals surface area (Å²) in [5.41, 5.74) is 2.30. The number of aryl methyl sites for hydroxylation is 1. The highest BCUT2D eigenvalue weighted by Gasteiger charge is 2.44. The zero-order valence-electron chi connectivity index (χ0n) is 19.1. The van der Waals surface area contributed by atoms with Crippen LogP contribution in [0.5, 0.6) is 0 Å². The van der Waals surface area contributed by atoms with Crippen LogP contribution in [0.25, 0.3) is 0 Å². The quantitative estimate of drug-likeness (QED) is 0.448. The van der Waals surface area contributed by atoms with E-state index in [1.807, 2.05) is 18.2 Å². The van der Waals surface area contributed by atoms with Crippen molar-refractivity contribution in [3.05, 3.63) is 44.8 Å². The average Bonchev–Trinajstić information content (AvgIpc) is 3.55. The van der Waals surface area contributed by atoms with Crippen LogP contribution in [0.4, 0.5) is 30.5 Å². The molecule has 1 aromatic carbocycles. The van der Waals surface area contributed by atoms with Crippen molar-refractivity contribution in [2.75, 3.05) is 41.3 Å². The van der Waals surface area contributed by atoms with E-state index in [9.17, 15) is 18.0 Å². The van der Waals surface area contributed by atoms with Crippen molar-refractivity contribution in [1.82, 2.24) is 4.98 Å². The first-order chi connectivity index (χ1) is 16.1. The SMILES string of the molecule is Cc1cc(NC(=O)c2ccc(I)cc2N2CCC3(CC2)CC3)nc(N2CCC(F)(F)CC2)c1F. The minimum atomic E-state index is -2.73. The molecule has 9 heteroatoms. The molecule has 182 valence electrons. The number of halogens is 4. The number of aromatic nitrogens is 1. The number of hydrogen-bond acceptors (Lipinski definition) is 4. The van der Waals surface area contributed by atoms with Gasteiger partial charge in [-0.3, -0.25) is 4.79 Å². The summed E-state index contributed by atoms with van der Waals surface area (Å²) in [6.07, 6.45) is 4.24. The van der Waals surface area contributed by atoms with Gasteiger partial charge in [0.1, 0.15) is 5.82 Å². The summed E-state index contributed by atoms with van der Waals surface area (Å²) >= 11 is 2.25. The van der Waals surface area contributed by atoms with Gasteiger partial charge in [0, 0.05) is 42.6 Å². The van der Waals surface area contributed by atoms with E-state index < -0.39 is 11.7 Å². The topological polar surface area (TPSA) is 48.5 Å². The minimum Gasteiger partial charge on any atom is -0.371 e. The molecule has 0 radical (unpaired) electrons. The second-order valence-electron chi connectivity index (χ2n) is 9.91. The normalized spacial score (nSPS) is 21.0. The van der Waals surface area contributed by atoms with Crippen molar-refractivity contribution in [3.63, 3.8) is 0 Å². The predicted molar refractivity (Wildman–Crippen MR) is 136 cm³/mol. The molecule has 34 heavy (non-hydrogen) atoms. The number of carbonyl (C=O) groups excluding carboxylic acids is 1. The Morgan fingerprint density at radius 1 is 1.00 bits per heavy atom. The van der Waals surface area contributed by atoms with Crippen LogP contribution in [0.3, 0.4) is 0 Å². The van der Waals surface area contributed by atoms with Crippen LogP contribution in [0.2, 0.25) is 0 Å². The van der Waals surface area contributed by atoms with E-state index >= 15 is 0 Å². The zero-order chi connectivity index (χ0) is 24.1. The molecule has 3 fully saturated rings. The summed E-state index contributed by atoms with van der Waals surface area (Å²) in [7, 11) is 0. The largest absolute Gasteiger partial charge is 0.371 e. The molecule has 1 aromatic heterocycles. The predicted octanol–water partition coefficient (Wildman–Crippen LogP) is 6.00. The number of anilines is 3. The van der Waals surface area contributed by atoms with Crippen molar-refractivity contribution >= 4 is 45.8 Å². The first-order valence-electron chi connectivity index (χ1n) is 11.8. The lowest BCUT2D eigenvalue weighted by Gasteiger charge is -2.35. The van der Waals surface area contributed by atoms with Gasteiger partial charge in [0.05, 0.1) is 11.3 Å². The number of nitrogens with one attached hydrogen (secondary N) is 1. The molecule has 1 saturated carbocycles. The summed E-state index contributed by atoms with van der Waals surface area (Å²) in [6, 6.07) is 7.23. The third kappa shape index (κ3) is 4.85. The number of piperidine rings is 2. The fourth-order valence-electron chi connectivity index (χ4n) is 5.00. The van der Waals surface area contributed by atoms with Gasteiger partial charge in [-0.25, -0.2) is 18.2 Å². The van der Waals surface area contributed by atoms with Crippen molar-refractivity contribution in [1.29, 1.82) is 0 Å². The molecule has 1 spiro atoms. The molecule has 5 rings (SSSR count). The summed E-state index contributed by atoms with van der Waals surface area (Å²) in [5.74, 6) is -3.35. The highest BCUT2D eigenvalue weighted by atomic mass is 127. The third-order valence-electron chi connectivity index (χ3n) is 7.48. The van der Waals surface area contributed by atoms with E-state index in [-0.39, 0.29) is 43.5 Å². The fourth-order valence-corrected chi connectivity index (χ4v) is 5.48. The van der Waals surface area contributed by atoms with Gasteiger partial charge in [-0.05, 0) is 90.4 Å². The van der Waals surface area contributed by atoms with Gasteiger partial charge in [0.2, 0.25) is 0 Å². The maximum absolute atomic E-state index is 14.8. The maximum Gasteiger partial charge on any atom is 0.258 e. The van der Waals surface area contributed by atoms with Gasteiger partial charge in [-0.2, -0.15) is 0 Å². The Labute approximate surface area is 211 Å². The lowest BCUT2D eigenvalue weighted by atomic mass is 9.93. The monoisotopic (exact) mass is 584 g/mol. The third-order valence-corrected chi connectivity index (χ3v) is 8.16. The number of benzene rings is 1. The number of alkyl halides is 2. The van der Waals surface area contributed by atoms with Crippen LogP contribution < -0.4 is 15.1 Å². The smallest absolute Gasteiger partial charge is 0.258 e. The Bertz CT molecular complexity index is 1100. The molecule has 2 saturated heterocycles. The molecular weight excluding hydrogens is 556 g/mol. The van der Waals surface area contributed by atoms with Crippen LogP contribution in [0.15, 0.2) is 24.3 Å². The number of nitrogens with zero attached hydrogens (tertiary/aromatic N) is 3. The van der Waals surface area contributed by atoms with E-state index in [0.29, 0.717) is 16.5 Å². The van der Waals surface area contributed by atoms with Crippen LogP contribution in [0, 0.1) is 21.7 Å². The van der Waals surface area contributed by atoms with E-state index in [4.69, 9.17) is 0 Å². The van der Waals surface area contributed by atoms with Crippen molar-refractivity contribution in [2.24, 2.45) is 5.41 Å². The molecule has 0 bridgehead atoms. The fraction of sp³-hybridized carbons (Fsp3) is 0.520. The van der Waals surface area contributed by atoms with Crippen molar-refractivity contribution in [3.8, 4) is 0 Å². The van der Waals surface area contributed by atoms with E-state index in [1.54, 1.807) is 6.92 Å². The van der Waals surface area contributed by atoms with Gasteiger partial charge in [-0.1, -0.05) is 0 Å². The summed E-state index contributed by atoms with van der Waals surface area (Å²) in [4.78, 5) is 21.4. The van der Waals surface area contributed by atoms with Gasteiger partial charge in [0.15, 0.2) is 11.6 Å². The summed E-state index contributed by atoms with van der Waals surface area (Å²) in [6.45, 7) is 3.49. The number of amides is 1. The van der Waals surface area contributed by atoms with Gasteiger partial charge in [-0.15, -0.1) is 0 Å². The summed E-state index contributed by atoms with van der Waals surface area (Å²) < 4.78 is 43.0. The molecule has 5 nitrogen and oxygen atoms in total. The molecule has 1 N–H and O–H groups in total. The maximum atomic E-state index is 14.8. The highest BCUT2D eigenvalue weighted by Crippen LogP contribution is 2.54. The number of rotatable bonds is 4.